The van der Waals surface area contributed by atoms with E-state index in [1.165, 1.54) is 12.1 Å². The van der Waals surface area contributed by atoms with Crippen molar-refractivity contribution in [3.8, 4) is 0 Å². The van der Waals surface area contributed by atoms with E-state index in [0.717, 1.165) is 13.4 Å². The number of furan rings is 1. The minimum absolute atomic E-state index is 0.0824. The minimum atomic E-state index is -4.61. The summed E-state index contributed by atoms with van der Waals surface area (Å²) in [5, 5.41) is 2.86. The molecule has 0 fully saturated rings. The fourth-order valence-corrected chi connectivity index (χ4v) is 2.69. The molecule has 9 heteroatoms. The molecule has 1 unspecified atom stereocenters. The lowest BCUT2D eigenvalue weighted by Crippen LogP contribution is -2.47. The highest BCUT2D eigenvalue weighted by Crippen LogP contribution is 2.36. The predicted octanol–water partition coefficient (Wildman–Crippen LogP) is 3.20. The van der Waals surface area contributed by atoms with Crippen LogP contribution in [0.3, 0.4) is 0 Å². The van der Waals surface area contributed by atoms with Gasteiger partial charge in [0, 0.05) is 11.3 Å². The van der Waals surface area contributed by atoms with E-state index in [2.05, 4.69) is 10.1 Å². The summed E-state index contributed by atoms with van der Waals surface area (Å²) in [6.45, 7) is -1.48. The van der Waals surface area contributed by atoms with Crippen molar-refractivity contribution in [2.24, 2.45) is 0 Å². The average molecular weight is 354 g/mol. The molecule has 0 radical (unpaired) electrons. The van der Waals surface area contributed by atoms with Crippen LogP contribution in [-0.4, -0.2) is 36.6 Å². The summed E-state index contributed by atoms with van der Waals surface area (Å²) in [5.41, 5.74) is 0.568. The number of methoxy groups -OCH3 is 1. The van der Waals surface area contributed by atoms with Crippen LogP contribution in [0.5, 0.6) is 0 Å². The summed E-state index contributed by atoms with van der Waals surface area (Å²) in [4.78, 5) is 25.0. The van der Waals surface area contributed by atoms with Crippen molar-refractivity contribution < 1.29 is 31.9 Å². The third kappa shape index (κ3) is 3.17. The molecule has 0 aliphatic carbocycles. The first-order valence-corrected chi connectivity index (χ1v) is 7.21. The number of carbonyl (C=O) groups is 2. The zero-order valence-electron chi connectivity index (χ0n) is 13.0. The van der Waals surface area contributed by atoms with Gasteiger partial charge in [-0.2, -0.15) is 13.2 Å². The lowest BCUT2D eigenvalue weighted by atomic mass is 10.0. The molecule has 0 saturated heterocycles. The first-order valence-electron chi connectivity index (χ1n) is 7.21. The normalized spacial score (nSPS) is 17.0. The van der Waals surface area contributed by atoms with Gasteiger partial charge in [0.15, 0.2) is 0 Å². The number of nitrogens with one attached hydrogen (secondary N) is 1. The number of para-hydroxylation sites is 1. The van der Waals surface area contributed by atoms with Gasteiger partial charge in [0.05, 0.1) is 18.9 Å². The van der Waals surface area contributed by atoms with Crippen LogP contribution >= 0.6 is 0 Å². The molecule has 132 valence electrons. The number of hydrogen-bond donors (Lipinski definition) is 1. The Balaban J connectivity index is 2.08. The Morgan fingerprint density at radius 3 is 2.72 bits per heavy atom. The van der Waals surface area contributed by atoms with E-state index in [1.807, 2.05) is 0 Å². The summed E-state index contributed by atoms with van der Waals surface area (Å²) in [5.74, 6) is -1.91. The van der Waals surface area contributed by atoms with Crippen molar-refractivity contribution in [2.45, 2.75) is 12.3 Å². The number of anilines is 1. The Kier molecular flexibility index (Phi) is 4.15. The second-order valence-electron chi connectivity index (χ2n) is 5.34. The molecule has 1 atom stereocenters. The highest BCUT2D eigenvalue weighted by Gasteiger charge is 2.42. The molecule has 0 bridgehead atoms. The van der Waals surface area contributed by atoms with Crippen molar-refractivity contribution >= 4 is 17.6 Å². The van der Waals surface area contributed by atoms with Crippen LogP contribution in [0.4, 0.5) is 18.9 Å². The number of ether oxygens (including phenoxy) is 1. The van der Waals surface area contributed by atoms with E-state index in [-0.39, 0.29) is 16.9 Å². The maximum Gasteiger partial charge on any atom is 0.406 e. The number of nitrogens with zero attached hydrogens (tertiary/aromatic N) is 1. The Bertz CT molecular complexity index is 816. The molecule has 2 heterocycles. The summed E-state index contributed by atoms with van der Waals surface area (Å²) in [6.07, 6.45) is -4.69. The monoisotopic (exact) mass is 354 g/mol. The summed E-state index contributed by atoms with van der Waals surface area (Å²) >= 11 is 0. The van der Waals surface area contributed by atoms with Crippen LogP contribution in [-0.2, 0) is 4.74 Å². The molecular weight excluding hydrogens is 341 g/mol. The van der Waals surface area contributed by atoms with Gasteiger partial charge in [-0.05, 0) is 18.2 Å². The molecule has 1 aromatic carbocycles. The average Bonchev–Trinajstić information content (AvgIpc) is 3.05. The Morgan fingerprint density at radius 2 is 2.04 bits per heavy atom. The number of rotatable bonds is 3. The molecule has 2 aromatic rings. The number of alkyl halides is 3. The van der Waals surface area contributed by atoms with Gasteiger partial charge >= 0.3 is 12.1 Å². The van der Waals surface area contributed by atoms with Gasteiger partial charge in [-0.3, -0.25) is 4.79 Å². The summed E-state index contributed by atoms with van der Waals surface area (Å²) in [7, 11) is 1.12. The van der Waals surface area contributed by atoms with Crippen molar-refractivity contribution in [1.82, 2.24) is 4.90 Å². The quantitative estimate of drug-likeness (QED) is 0.857. The van der Waals surface area contributed by atoms with E-state index in [1.54, 1.807) is 18.2 Å². The van der Waals surface area contributed by atoms with Crippen molar-refractivity contribution in [3.05, 3.63) is 53.5 Å². The van der Waals surface area contributed by atoms with Gasteiger partial charge in [-0.1, -0.05) is 12.1 Å². The van der Waals surface area contributed by atoms with Crippen LogP contribution in [0.1, 0.15) is 32.6 Å². The highest BCUT2D eigenvalue weighted by atomic mass is 19.4. The maximum atomic E-state index is 13.0. The largest absolute Gasteiger partial charge is 0.463 e. The Labute approximate surface area is 140 Å². The number of fused-ring (bicyclic) bond motifs is 1. The molecule has 1 aromatic heterocycles. The standard InChI is InChI=1S/C16H13F3N2O4/c1-24-15(23)12-10(6-7-25-12)13-20-11-5-3-2-4-9(11)14(22)21(13)8-16(17,18)19/h2-7,13,20H,8H2,1H3. The Hall–Kier alpha value is -2.97. The molecule has 1 amide bonds. The first kappa shape index (κ1) is 16.9. The van der Waals surface area contributed by atoms with Crippen LogP contribution in [0.15, 0.2) is 41.0 Å². The van der Waals surface area contributed by atoms with Gasteiger partial charge in [-0.15, -0.1) is 0 Å². The smallest absolute Gasteiger partial charge is 0.406 e. The topological polar surface area (TPSA) is 71.8 Å². The number of hydrogen-bond acceptors (Lipinski definition) is 5. The predicted molar refractivity (Wildman–Crippen MR) is 79.9 cm³/mol. The van der Waals surface area contributed by atoms with Crippen LogP contribution in [0, 0.1) is 0 Å². The molecule has 25 heavy (non-hydrogen) atoms. The van der Waals surface area contributed by atoms with E-state index in [9.17, 15) is 22.8 Å². The van der Waals surface area contributed by atoms with Gasteiger partial charge < -0.3 is 19.4 Å². The van der Waals surface area contributed by atoms with Crippen molar-refractivity contribution in [2.75, 3.05) is 19.0 Å². The van der Waals surface area contributed by atoms with E-state index in [4.69, 9.17) is 4.42 Å². The second kappa shape index (κ2) is 6.15. The van der Waals surface area contributed by atoms with Gasteiger partial charge in [0.1, 0.15) is 12.7 Å². The van der Waals surface area contributed by atoms with E-state index in [0.29, 0.717) is 10.6 Å². The zero-order chi connectivity index (χ0) is 18.2. The molecule has 3 rings (SSSR count). The maximum absolute atomic E-state index is 13.0. The summed E-state index contributed by atoms with van der Waals surface area (Å²) in [6, 6.07) is 7.53. The summed E-state index contributed by atoms with van der Waals surface area (Å²) < 4.78 is 48.6. The van der Waals surface area contributed by atoms with Crippen LogP contribution < -0.4 is 5.32 Å². The third-order valence-corrected chi connectivity index (χ3v) is 3.73. The molecule has 1 aliphatic rings. The van der Waals surface area contributed by atoms with Crippen molar-refractivity contribution in [3.63, 3.8) is 0 Å². The fourth-order valence-electron chi connectivity index (χ4n) is 2.69. The third-order valence-electron chi connectivity index (χ3n) is 3.73. The zero-order valence-corrected chi connectivity index (χ0v) is 13.0. The number of esters is 1. The van der Waals surface area contributed by atoms with E-state index < -0.39 is 30.8 Å². The molecule has 0 spiro atoms. The number of benzene rings is 1. The van der Waals surface area contributed by atoms with Crippen LogP contribution in [0.25, 0.3) is 0 Å². The second-order valence-corrected chi connectivity index (χ2v) is 5.34. The van der Waals surface area contributed by atoms with Crippen molar-refractivity contribution in [1.29, 1.82) is 0 Å². The highest BCUT2D eigenvalue weighted by molar-refractivity contribution is 6.02. The SMILES string of the molecule is COC(=O)c1occc1C1Nc2ccccc2C(=O)N1CC(F)(F)F. The lowest BCUT2D eigenvalue weighted by Gasteiger charge is -2.38. The van der Waals surface area contributed by atoms with Gasteiger partial charge in [0.2, 0.25) is 5.76 Å². The van der Waals surface area contributed by atoms with Gasteiger partial charge in [0.25, 0.3) is 5.91 Å². The Morgan fingerprint density at radius 1 is 1.32 bits per heavy atom. The fraction of sp³-hybridized carbons (Fsp3) is 0.250. The first-order chi connectivity index (χ1) is 11.8. The van der Waals surface area contributed by atoms with Gasteiger partial charge in [-0.25, -0.2) is 4.79 Å². The molecule has 1 N–H and O–H groups in total. The number of halogens is 3. The molecule has 6 nitrogen and oxygen atoms in total. The lowest BCUT2D eigenvalue weighted by molar-refractivity contribution is -0.144. The molecular formula is C16H13F3N2O4. The number of carbonyl (C=O) groups excluding carboxylic acids is 2. The number of amides is 1. The minimum Gasteiger partial charge on any atom is -0.463 e. The van der Waals surface area contributed by atoms with E-state index >= 15 is 0 Å². The molecule has 0 saturated carbocycles. The molecule has 1 aliphatic heterocycles. The van der Waals surface area contributed by atoms with Crippen LogP contribution in [0.2, 0.25) is 0 Å².